The number of carbonyl (C=O) groups is 1. The molecule has 0 radical (unpaired) electrons. The van der Waals surface area contributed by atoms with Crippen LogP contribution in [-0.4, -0.2) is 74.5 Å². The average Bonchev–Trinajstić information content (AvgIpc) is 3.37. The summed E-state index contributed by atoms with van der Waals surface area (Å²) in [6.45, 7) is 6.10. The van der Waals surface area contributed by atoms with Crippen molar-refractivity contribution in [3.63, 3.8) is 0 Å². The Labute approximate surface area is 203 Å². The molecule has 2 fully saturated rings. The number of hydrogen-bond acceptors (Lipinski definition) is 3. The molecule has 1 aliphatic carbocycles. The van der Waals surface area contributed by atoms with E-state index in [1.807, 2.05) is 33.2 Å². The maximum Gasteiger partial charge on any atom is 0.239 e. The van der Waals surface area contributed by atoms with E-state index < -0.39 is 0 Å². The van der Waals surface area contributed by atoms with E-state index in [1.165, 1.54) is 6.07 Å². The van der Waals surface area contributed by atoms with Gasteiger partial charge in [-0.15, -0.1) is 24.0 Å². The third kappa shape index (κ3) is 6.78. The molecule has 1 amide bonds. The van der Waals surface area contributed by atoms with Gasteiger partial charge in [0.05, 0.1) is 12.6 Å². The number of benzene rings is 1. The summed E-state index contributed by atoms with van der Waals surface area (Å²) in [4.78, 5) is 21.1. The van der Waals surface area contributed by atoms with Crippen LogP contribution in [0.4, 0.5) is 4.39 Å². The predicted octanol–water partition coefficient (Wildman–Crippen LogP) is 2.97. The zero-order valence-electron chi connectivity index (χ0n) is 19.0. The summed E-state index contributed by atoms with van der Waals surface area (Å²) in [5, 5.41) is 6.69. The van der Waals surface area contributed by atoms with Crippen molar-refractivity contribution in [2.75, 3.05) is 46.8 Å². The van der Waals surface area contributed by atoms with E-state index in [4.69, 9.17) is 4.99 Å². The summed E-state index contributed by atoms with van der Waals surface area (Å²) < 4.78 is 14.2. The lowest BCUT2D eigenvalue weighted by Crippen LogP contribution is -2.44. The van der Waals surface area contributed by atoms with Gasteiger partial charge in [-0.05, 0) is 57.2 Å². The predicted molar refractivity (Wildman–Crippen MR) is 135 cm³/mol. The lowest BCUT2D eigenvalue weighted by Gasteiger charge is -2.26. The number of nitrogens with one attached hydrogen (secondary N) is 2. The SMILES string of the molecule is CCNC(=NCC1(c2ccccc2F)CC1)NCCCN1CCCC1C(=O)N(C)C.I. The molecule has 1 aliphatic heterocycles. The van der Waals surface area contributed by atoms with Gasteiger partial charge >= 0.3 is 0 Å². The maximum absolute atomic E-state index is 14.2. The van der Waals surface area contributed by atoms with Gasteiger partial charge in [0.25, 0.3) is 0 Å². The Morgan fingerprint density at radius 3 is 2.68 bits per heavy atom. The molecule has 2 aliphatic rings. The molecule has 0 bridgehead atoms. The molecule has 0 spiro atoms. The van der Waals surface area contributed by atoms with Gasteiger partial charge in [-0.2, -0.15) is 0 Å². The first-order valence-electron chi connectivity index (χ1n) is 11.2. The van der Waals surface area contributed by atoms with E-state index in [1.54, 1.807) is 11.0 Å². The molecule has 1 aromatic carbocycles. The Morgan fingerprint density at radius 2 is 2.03 bits per heavy atom. The van der Waals surface area contributed by atoms with E-state index in [-0.39, 0.29) is 47.2 Å². The van der Waals surface area contributed by atoms with Gasteiger partial charge in [0, 0.05) is 39.1 Å². The molecule has 6 nitrogen and oxygen atoms in total. The summed E-state index contributed by atoms with van der Waals surface area (Å²) >= 11 is 0. The van der Waals surface area contributed by atoms with Crippen molar-refractivity contribution >= 4 is 35.8 Å². The van der Waals surface area contributed by atoms with E-state index in [9.17, 15) is 9.18 Å². The van der Waals surface area contributed by atoms with Gasteiger partial charge < -0.3 is 15.5 Å². The topological polar surface area (TPSA) is 60.0 Å². The quantitative estimate of drug-likeness (QED) is 0.217. The normalized spacial score (nSPS) is 20.1. The lowest BCUT2D eigenvalue weighted by molar-refractivity contribution is -0.133. The van der Waals surface area contributed by atoms with Crippen LogP contribution in [-0.2, 0) is 10.2 Å². The summed E-state index contributed by atoms with van der Waals surface area (Å²) in [6.07, 6.45) is 4.94. The number of halogens is 2. The first-order valence-corrected chi connectivity index (χ1v) is 11.2. The van der Waals surface area contributed by atoms with E-state index in [0.717, 1.165) is 69.8 Å². The van der Waals surface area contributed by atoms with Crippen molar-refractivity contribution in [2.24, 2.45) is 4.99 Å². The molecule has 3 rings (SSSR count). The standard InChI is InChI=1S/C23H36FN5O.HI/c1-4-25-22(27-17-23(12-13-23)18-9-5-6-10-19(18)24)26-14-8-16-29-15-7-11-20(29)21(30)28(2)3;/h5-6,9-10,20H,4,7-8,11-17H2,1-3H3,(H2,25,26,27);1H. The van der Waals surface area contributed by atoms with Gasteiger partial charge in [-0.1, -0.05) is 18.2 Å². The molecule has 31 heavy (non-hydrogen) atoms. The van der Waals surface area contributed by atoms with Crippen LogP contribution in [0, 0.1) is 5.82 Å². The number of rotatable bonds is 9. The highest BCUT2D eigenvalue weighted by molar-refractivity contribution is 14.0. The van der Waals surface area contributed by atoms with Crippen molar-refractivity contribution in [1.82, 2.24) is 20.4 Å². The Hall–Kier alpha value is -1.42. The van der Waals surface area contributed by atoms with Crippen LogP contribution in [0.25, 0.3) is 0 Å². The van der Waals surface area contributed by atoms with Crippen molar-refractivity contribution < 1.29 is 9.18 Å². The van der Waals surface area contributed by atoms with E-state index >= 15 is 0 Å². The molecule has 174 valence electrons. The molecule has 2 N–H and O–H groups in total. The zero-order chi connectivity index (χ0) is 21.6. The number of likely N-dealkylation sites (tertiary alicyclic amines) is 1. The highest BCUT2D eigenvalue weighted by Crippen LogP contribution is 2.49. The zero-order valence-corrected chi connectivity index (χ0v) is 21.3. The van der Waals surface area contributed by atoms with Crippen molar-refractivity contribution in [1.29, 1.82) is 0 Å². The van der Waals surface area contributed by atoms with Crippen LogP contribution in [0.1, 0.15) is 44.6 Å². The number of nitrogens with zero attached hydrogens (tertiary/aromatic N) is 3. The smallest absolute Gasteiger partial charge is 0.239 e. The van der Waals surface area contributed by atoms with E-state index in [0.29, 0.717) is 6.54 Å². The Balaban J connectivity index is 0.00000341. The molecule has 1 heterocycles. The molecule has 8 heteroatoms. The van der Waals surface area contributed by atoms with Gasteiger partial charge in [0.2, 0.25) is 5.91 Å². The van der Waals surface area contributed by atoms with Gasteiger partial charge in [-0.3, -0.25) is 14.7 Å². The molecule has 1 atom stereocenters. The Bertz CT molecular complexity index is 753. The first kappa shape index (κ1) is 25.8. The highest BCUT2D eigenvalue weighted by atomic mass is 127. The molecule has 1 saturated carbocycles. The number of guanidine groups is 1. The number of amides is 1. The van der Waals surface area contributed by atoms with E-state index in [2.05, 4.69) is 15.5 Å². The van der Waals surface area contributed by atoms with Crippen LogP contribution in [0.5, 0.6) is 0 Å². The second kappa shape index (κ2) is 12.0. The molecule has 1 unspecified atom stereocenters. The third-order valence-corrected chi connectivity index (χ3v) is 6.19. The maximum atomic E-state index is 14.2. The highest BCUT2D eigenvalue weighted by Gasteiger charge is 2.45. The minimum Gasteiger partial charge on any atom is -0.357 e. The van der Waals surface area contributed by atoms with Gasteiger partial charge in [0.15, 0.2) is 5.96 Å². The second-order valence-electron chi connectivity index (χ2n) is 8.66. The number of aliphatic imine (C=N–C) groups is 1. The van der Waals surface area contributed by atoms with Crippen LogP contribution in [0.3, 0.4) is 0 Å². The van der Waals surface area contributed by atoms with Crippen LogP contribution in [0.15, 0.2) is 29.3 Å². The average molecular weight is 545 g/mol. The van der Waals surface area contributed by atoms with Crippen LogP contribution >= 0.6 is 24.0 Å². The van der Waals surface area contributed by atoms with Gasteiger partial charge in [0.1, 0.15) is 5.82 Å². The van der Waals surface area contributed by atoms with Crippen LogP contribution < -0.4 is 10.6 Å². The summed E-state index contributed by atoms with van der Waals surface area (Å²) in [5.41, 5.74) is 0.637. The lowest BCUT2D eigenvalue weighted by atomic mass is 9.95. The largest absolute Gasteiger partial charge is 0.357 e. The summed E-state index contributed by atoms with van der Waals surface area (Å²) in [6, 6.07) is 7.09. The summed E-state index contributed by atoms with van der Waals surface area (Å²) in [7, 11) is 3.65. The van der Waals surface area contributed by atoms with Crippen molar-refractivity contribution in [3.05, 3.63) is 35.6 Å². The number of hydrogen-bond donors (Lipinski definition) is 2. The third-order valence-electron chi connectivity index (χ3n) is 6.19. The Kier molecular flexibility index (Phi) is 9.99. The number of likely N-dealkylation sites (N-methyl/N-ethyl adjacent to an activating group) is 1. The summed E-state index contributed by atoms with van der Waals surface area (Å²) in [5.74, 6) is 0.858. The first-order chi connectivity index (χ1) is 14.5. The minimum atomic E-state index is -0.150. The minimum absolute atomic E-state index is 0. The fraction of sp³-hybridized carbons (Fsp3) is 0.652. The van der Waals surface area contributed by atoms with Crippen LogP contribution in [0.2, 0.25) is 0 Å². The van der Waals surface area contributed by atoms with Crippen molar-refractivity contribution in [2.45, 2.75) is 50.5 Å². The molecular formula is C23H37FIN5O. The number of carbonyl (C=O) groups excluding carboxylic acids is 1. The molecule has 1 aromatic rings. The van der Waals surface area contributed by atoms with Gasteiger partial charge in [-0.25, -0.2) is 4.39 Å². The fourth-order valence-electron chi connectivity index (χ4n) is 4.29. The molecule has 1 saturated heterocycles. The van der Waals surface area contributed by atoms with Crippen molar-refractivity contribution in [3.8, 4) is 0 Å². The molecular weight excluding hydrogens is 508 g/mol. The Morgan fingerprint density at radius 1 is 1.29 bits per heavy atom. The fourth-order valence-corrected chi connectivity index (χ4v) is 4.29. The second-order valence-corrected chi connectivity index (χ2v) is 8.66. The molecule has 0 aromatic heterocycles. The monoisotopic (exact) mass is 545 g/mol.